The average Bonchev–Trinajstić information content (AvgIpc) is 2.31. The van der Waals surface area contributed by atoms with Gasteiger partial charge < -0.3 is 15.0 Å². The maximum absolute atomic E-state index is 11.5. The number of esters is 1. The lowest BCUT2D eigenvalue weighted by Gasteiger charge is -2.32. The second-order valence-corrected chi connectivity index (χ2v) is 4.58. The van der Waals surface area contributed by atoms with E-state index >= 15 is 0 Å². The van der Waals surface area contributed by atoms with Crippen molar-refractivity contribution in [3.8, 4) is 0 Å². The molecular weight excluding hydrogens is 248 g/mol. The van der Waals surface area contributed by atoms with Crippen molar-refractivity contribution in [2.75, 3.05) is 18.5 Å². The van der Waals surface area contributed by atoms with Crippen LogP contribution < -0.4 is 5.32 Å². The van der Waals surface area contributed by atoms with E-state index in [2.05, 4.69) is 18.3 Å². The molecule has 0 radical (unpaired) electrons. The van der Waals surface area contributed by atoms with Crippen LogP contribution in [0.25, 0.3) is 0 Å². The van der Waals surface area contributed by atoms with Gasteiger partial charge in [-0.1, -0.05) is 12.1 Å². The molecule has 18 heavy (non-hydrogen) atoms. The van der Waals surface area contributed by atoms with Gasteiger partial charge in [-0.2, -0.15) is 0 Å². The minimum absolute atomic E-state index is 0.188. The Morgan fingerprint density at radius 1 is 1.56 bits per heavy atom. The number of nitrogens with zero attached hydrogens (tertiary/aromatic N) is 1. The summed E-state index contributed by atoms with van der Waals surface area (Å²) in [6, 6.07) is 6.04. The number of hydrogen-bond donors (Lipinski definition) is 1. The first-order valence-corrected chi connectivity index (χ1v) is 6.32. The van der Waals surface area contributed by atoms with Gasteiger partial charge in [0.2, 0.25) is 0 Å². The molecule has 1 aromatic rings. The third-order valence-corrected chi connectivity index (χ3v) is 3.27. The molecule has 0 spiro atoms. The number of hydrogen-bond acceptors (Lipinski definition) is 3. The fourth-order valence-corrected chi connectivity index (χ4v) is 2.22. The zero-order valence-electron chi connectivity index (χ0n) is 10.5. The number of ether oxygens (including phenoxy) is 1. The minimum Gasteiger partial charge on any atom is -0.465 e. The summed E-state index contributed by atoms with van der Waals surface area (Å²) < 4.78 is 4.94. The van der Waals surface area contributed by atoms with Crippen molar-refractivity contribution in [2.24, 2.45) is 0 Å². The largest absolute Gasteiger partial charge is 0.465 e. The Balaban J connectivity index is 2.15. The van der Waals surface area contributed by atoms with Gasteiger partial charge in [0.1, 0.15) is 6.54 Å². The number of carbonyl (C=O) groups is 1. The quantitative estimate of drug-likeness (QED) is 0.668. The monoisotopic (exact) mass is 264 g/mol. The normalized spacial score (nSPS) is 13.9. The lowest BCUT2D eigenvalue weighted by atomic mass is 10.0. The number of thiocarbonyl (C=S) groups is 1. The van der Waals surface area contributed by atoms with E-state index < -0.39 is 0 Å². The van der Waals surface area contributed by atoms with Crippen molar-refractivity contribution in [3.05, 3.63) is 29.3 Å². The van der Waals surface area contributed by atoms with E-state index in [0.717, 1.165) is 5.69 Å². The molecule has 1 aliphatic heterocycles. The topological polar surface area (TPSA) is 41.6 Å². The van der Waals surface area contributed by atoms with E-state index in [1.165, 1.54) is 11.1 Å². The summed E-state index contributed by atoms with van der Waals surface area (Å²) in [7, 11) is 0. The highest BCUT2D eigenvalue weighted by atomic mass is 32.1. The molecule has 0 atom stereocenters. The first-order chi connectivity index (χ1) is 8.61. The molecule has 1 aliphatic rings. The van der Waals surface area contributed by atoms with Gasteiger partial charge in [-0.15, -0.1) is 0 Å². The third kappa shape index (κ3) is 2.61. The molecular formula is C13H16N2O2S. The van der Waals surface area contributed by atoms with Crippen molar-refractivity contribution in [1.29, 1.82) is 0 Å². The Labute approximate surface area is 112 Å². The zero-order valence-corrected chi connectivity index (χ0v) is 11.3. The molecule has 2 rings (SSSR count). The fraction of sp³-hybridized carbons (Fsp3) is 0.385. The van der Waals surface area contributed by atoms with Crippen molar-refractivity contribution in [2.45, 2.75) is 20.4 Å². The van der Waals surface area contributed by atoms with Crippen molar-refractivity contribution in [1.82, 2.24) is 4.90 Å². The molecule has 0 saturated heterocycles. The molecule has 0 bridgehead atoms. The van der Waals surface area contributed by atoms with Crippen LogP contribution in [0.15, 0.2) is 18.2 Å². The number of fused-ring (bicyclic) bond motifs is 1. The van der Waals surface area contributed by atoms with Crippen LogP contribution in [0.1, 0.15) is 18.1 Å². The van der Waals surface area contributed by atoms with Gasteiger partial charge in [-0.25, -0.2) is 0 Å². The van der Waals surface area contributed by atoms with Gasteiger partial charge in [0.15, 0.2) is 5.11 Å². The highest BCUT2D eigenvalue weighted by Gasteiger charge is 2.22. The highest BCUT2D eigenvalue weighted by molar-refractivity contribution is 7.80. The Bertz CT molecular complexity index is 488. The molecule has 0 aromatic heterocycles. The average molecular weight is 264 g/mol. The maximum Gasteiger partial charge on any atom is 0.325 e. The predicted molar refractivity (Wildman–Crippen MR) is 74.4 cm³/mol. The van der Waals surface area contributed by atoms with E-state index in [0.29, 0.717) is 18.3 Å². The predicted octanol–water partition coefficient (Wildman–Crippen LogP) is 2.07. The smallest absolute Gasteiger partial charge is 0.325 e. The molecule has 0 saturated carbocycles. The van der Waals surface area contributed by atoms with Crippen LogP contribution in [0.2, 0.25) is 0 Å². The summed E-state index contributed by atoms with van der Waals surface area (Å²) in [6.45, 7) is 5.07. The van der Waals surface area contributed by atoms with E-state index in [-0.39, 0.29) is 12.5 Å². The van der Waals surface area contributed by atoms with Crippen LogP contribution >= 0.6 is 12.2 Å². The first-order valence-electron chi connectivity index (χ1n) is 5.92. The van der Waals surface area contributed by atoms with Crippen LogP contribution in [0, 0.1) is 6.92 Å². The molecule has 4 nitrogen and oxygen atoms in total. The van der Waals surface area contributed by atoms with Crippen molar-refractivity contribution < 1.29 is 9.53 Å². The van der Waals surface area contributed by atoms with Gasteiger partial charge in [0, 0.05) is 12.2 Å². The Hall–Kier alpha value is -1.62. The molecule has 0 unspecified atom stereocenters. The van der Waals surface area contributed by atoms with Crippen LogP contribution in [0.5, 0.6) is 0 Å². The molecule has 1 heterocycles. The second-order valence-electron chi connectivity index (χ2n) is 4.19. The molecule has 1 aromatic carbocycles. The van der Waals surface area contributed by atoms with E-state index in [1.54, 1.807) is 6.92 Å². The molecule has 1 N–H and O–H groups in total. The van der Waals surface area contributed by atoms with Crippen LogP contribution in [0.3, 0.4) is 0 Å². The summed E-state index contributed by atoms with van der Waals surface area (Å²) in [5.41, 5.74) is 3.40. The molecule has 5 heteroatoms. The van der Waals surface area contributed by atoms with E-state index in [1.807, 2.05) is 17.0 Å². The summed E-state index contributed by atoms with van der Waals surface area (Å²) in [5.74, 6) is -0.251. The van der Waals surface area contributed by atoms with Gasteiger partial charge in [-0.3, -0.25) is 4.79 Å². The minimum atomic E-state index is -0.251. The number of aryl methyl sites for hydroxylation is 1. The number of anilines is 1. The maximum atomic E-state index is 11.5. The summed E-state index contributed by atoms with van der Waals surface area (Å²) in [4.78, 5) is 13.3. The molecule has 0 fully saturated rings. The number of benzene rings is 1. The number of carbonyl (C=O) groups excluding carboxylic acids is 1. The molecule has 96 valence electrons. The van der Waals surface area contributed by atoms with Crippen molar-refractivity contribution >= 4 is 29.0 Å². The summed E-state index contributed by atoms with van der Waals surface area (Å²) in [6.07, 6.45) is 0. The Morgan fingerprint density at radius 3 is 3.06 bits per heavy atom. The Kier molecular flexibility index (Phi) is 3.81. The lowest BCUT2D eigenvalue weighted by Crippen LogP contribution is -2.42. The fourth-order valence-electron chi connectivity index (χ4n) is 1.98. The zero-order chi connectivity index (χ0) is 13.1. The molecule has 0 aliphatic carbocycles. The summed E-state index contributed by atoms with van der Waals surface area (Å²) >= 11 is 5.26. The van der Waals surface area contributed by atoms with Crippen LogP contribution in [0.4, 0.5) is 5.69 Å². The summed E-state index contributed by atoms with van der Waals surface area (Å²) in [5, 5.41) is 3.72. The third-order valence-electron chi connectivity index (χ3n) is 2.91. The van der Waals surface area contributed by atoms with Crippen LogP contribution in [-0.4, -0.2) is 29.1 Å². The van der Waals surface area contributed by atoms with Gasteiger partial charge in [-0.05, 0) is 43.3 Å². The first kappa shape index (κ1) is 12.8. The van der Waals surface area contributed by atoms with Gasteiger partial charge >= 0.3 is 5.97 Å². The number of nitrogens with one attached hydrogen (secondary N) is 1. The lowest BCUT2D eigenvalue weighted by molar-refractivity contribution is -0.143. The highest BCUT2D eigenvalue weighted by Crippen LogP contribution is 2.25. The van der Waals surface area contributed by atoms with Crippen LogP contribution in [-0.2, 0) is 16.1 Å². The van der Waals surface area contributed by atoms with E-state index in [9.17, 15) is 4.79 Å². The van der Waals surface area contributed by atoms with E-state index in [4.69, 9.17) is 17.0 Å². The number of rotatable bonds is 3. The SMILES string of the molecule is CCOC(=O)CN1Cc2c(C)cccc2NC1=S. The van der Waals surface area contributed by atoms with Gasteiger partial charge in [0.05, 0.1) is 6.61 Å². The molecule has 0 amide bonds. The van der Waals surface area contributed by atoms with Crippen molar-refractivity contribution in [3.63, 3.8) is 0 Å². The standard InChI is InChI=1S/C13H16N2O2S/c1-3-17-12(16)8-15-7-10-9(2)5-4-6-11(10)14-13(15)18/h4-6H,3,7-8H2,1-2H3,(H,14,18). The van der Waals surface area contributed by atoms with Gasteiger partial charge in [0.25, 0.3) is 0 Å². The Morgan fingerprint density at radius 2 is 2.33 bits per heavy atom. The second kappa shape index (κ2) is 5.35.